The summed E-state index contributed by atoms with van der Waals surface area (Å²) in [5.41, 5.74) is 1.69. The van der Waals surface area contributed by atoms with E-state index in [0.29, 0.717) is 47.6 Å². The lowest BCUT2D eigenvalue weighted by Gasteiger charge is -2.36. The fourth-order valence-electron chi connectivity index (χ4n) is 5.49. The molecule has 2 amide bonds. The van der Waals surface area contributed by atoms with Gasteiger partial charge >= 0.3 is 0 Å². The van der Waals surface area contributed by atoms with E-state index in [1.165, 1.54) is 30.6 Å². The molecular weight excluding hydrogens is 462 g/mol. The molecule has 2 aromatic rings. The Labute approximate surface area is 210 Å². The third-order valence-corrected chi connectivity index (χ3v) is 8.47. The number of ketones is 1. The topological polar surface area (TPSA) is 95.5 Å². The molecule has 8 nitrogen and oxygen atoms in total. The minimum Gasteiger partial charge on any atom is -0.340 e. The largest absolute Gasteiger partial charge is 0.340 e. The third kappa shape index (κ3) is 5.95. The van der Waals surface area contributed by atoms with Gasteiger partial charge in [0.15, 0.2) is 10.9 Å². The Morgan fingerprint density at radius 1 is 1.06 bits per heavy atom. The number of fused-ring (bicyclic) bond motifs is 1. The maximum absolute atomic E-state index is 13.2. The summed E-state index contributed by atoms with van der Waals surface area (Å²) in [6, 6.07) is 5.92. The van der Waals surface area contributed by atoms with E-state index in [-0.39, 0.29) is 29.9 Å². The number of aromatic nitrogens is 2. The molecule has 186 valence electrons. The van der Waals surface area contributed by atoms with Crippen molar-refractivity contribution < 1.29 is 14.4 Å². The summed E-state index contributed by atoms with van der Waals surface area (Å²) in [6.07, 6.45) is 8.89. The molecule has 9 heteroatoms. The number of amides is 2. The predicted molar refractivity (Wildman–Crippen MR) is 134 cm³/mol. The first-order valence-electron chi connectivity index (χ1n) is 12.8. The number of anilines is 1. The number of piperazine rings is 1. The molecule has 1 N–H and O–H groups in total. The van der Waals surface area contributed by atoms with Gasteiger partial charge in [-0.05, 0) is 30.9 Å². The minimum atomic E-state index is -0.370. The van der Waals surface area contributed by atoms with E-state index in [9.17, 15) is 14.4 Å². The van der Waals surface area contributed by atoms with Crippen LogP contribution in [0.2, 0.25) is 0 Å². The van der Waals surface area contributed by atoms with Gasteiger partial charge in [0, 0.05) is 58.2 Å². The van der Waals surface area contributed by atoms with Crippen molar-refractivity contribution in [1.82, 2.24) is 19.8 Å². The van der Waals surface area contributed by atoms with Gasteiger partial charge < -0.3 is 10.2 Å². The molecule has 1 atom stereocenters. The Balaban J connectivity index is 1.14. The fraction of sp³-hybridized carbons (Fsp3) is 0.577. The summed E-state index contributed by atoms with van der Waals surface area (Å²) in [4.78, 5) is 52.3. The van der Waals surface area contributed by atoms with E-state index in [4.69, 9.17) is 0 Å². The van der Waals surface area contributed by atoms with Crippen LogP contribution in [0.5, 0.6) is 0 Å². The van der Waals surface area contributed by atoms with Crippen LogP contribution in [0.15, 0.2) is 24.4 Å². The SMILES string of the molecule is O=C(CC1CCCCC1)Nc1nc2c(s1)C(=O)C[C@H](C(=O)N1CCN(Cc3ccccn3)CC1)C2. The Kier molecular flexibility index (Phi) is 7.53. The van der Waals surface area contributed by atoms with E-state index in [1.54, 1.807) is 6.20 Å². The number of pyridine rings is 1. The molecule has 0 spiro atoms. The smallest absolute Gasteiger partial charge is 0.226 e. The monoisotopic (exact) mass is 495 g/mol. The number of rotatable bonds is 6. The number of carbonyl (C=O) groups is 3. The Hall–Kier alpha value is -2.65. The zero-order chi connectivity index (χ0) is 24.2. The first kappa shape index (κ1) is 24.1. The van der Waals surface area contributed by atoms with Crippen LogP contribution in [0, 0.1) is 11.8 Å². The molecule has 1 saturated carbocycles. The van der Waals surface area contributed by atoms with Crippen LogP contribution in [0.3, 0.4) is 0 Å². The molecule has 3 aliphatic rings. The second-order valence-corrected chi connectivity index (χ2v) is 11.0. The predicted octanol–water partition coefficient (Wildman–Crippen LogP) is 3.54. The number of thiazole rings is 1. The Morgan fingerprint density at radius 2 is 1.86 bits per heavy atom. The number of hydrogen-bond donors (Lipinski definition) is 1. The zero-order valence-electron chi connectivity index (χ0n) is 20.1. The van der Waals surface area contributed by atoms with E-state index >= 15 is 0 Å². The van der Waals surface area contributed by atoms with Gasteiger partial charge in [0.2, 0.25) is 11.8 Å². The molecule has 0 aromatic carbocycles. The van der Waals surface area contributed by atoms with Crippen LogP contribution in [-0.2, 0) is 22.6 Å². The van der Waals surface area contributed by atoms with E-state index in [0.717, 1.165) is 38.2 Å². The average molecular weight is 496 g/mol. The fourth-order valence-corrected chi connectivity index (χ4v) is 6.45. The lowest BCUT2D eigenvalue weighted by molar-refractivity contribution is -0.137. The first-order chi connectivity index (χ1) is 17.0. The van der Waals surface area contributed by atoms with Gasteiger partial charge in [-0.15, -0.1) is 0 Å². The summed E-state index contributed by atoms with van der Waals surface area (Å²) in [5, 5.41) is 3.40. The number of nitrogens with zero attached hydrogens (tertiary/aromatic N) is 4. The average Bonchev–Trinajstić information content (AvgIpc) is 3.28. The van der Waals surface area contributed by atoms with Gasteiger partial charge in [0.05, 0.1) is 22.2 Å². The third-order valence-electron chi connectivity index (χ3n) is 7.41. The van der Waals surface area contributed by atoms with E-state index in [1.807, 2.05) is 23.1 Å². The molecule has 1 saturated heterocycles. The Bertz CT molecular complexity index is 1060. The molecule has 0 unspecified atom stereocenters. The van der Waals surface area contributed by atoms with Crippen LogP contribution >= 0.6 is 11.3 Å². The zero-order valence-corrected chi connectivity index (χ0v) is 20.9. The molecule has 0 radical (unpaired) electrons. The van der Waals surface area contributed by atoms with Crippen molar-refractivity contribution in [3.63, 3.8) is 0 Å². The molecule has 1 aliphatic heterocycles. The molecule has 2 aromatic heterocycles. The summed E-state index contributed by atoms with van der Waals surface area (Å²) >= 11 is 1.25. The number of carbonyl (C=O) groups excluding carboxylic acids is 3. The standard InChI is InChI=1S/C26H33N5O3S/c32-22-16-19(25(34)31-12-10-30(11-13-31)17-20-8-4-5-9-27-20)15-21-24(22)35-26(28-21)29-23(33)14-18-6-2-1-3-7-18/h4-5,8-9,18-19H,1-3,6-7,10-17H2,(H,28,29,33)/t19-/m1/s1. The van der Waals surface area contributed by atoms with Crippen molar-refractivity contribution in [3.05, 3.63) is 40.7 Å². The maximum atomic E-state index is 13.2. The van der Waals surface area contributed by atoms with Crippen molar-refractivity contribution in [2.24, 2.45) is 11.8 Å². The van der Waals surface area contributed by atoms with Crippen molar-refractivity contribution in [2.75, 3.05) is 31.5 Å². The van der Waals surface area contributed by atoms with Crippen LogP contribution in [0.4, 0.5) is 5.13 Å². The second kappa shape index (κ2) is 11.0. The highest BCUT2D eigenvalue weighted by atomic mass is 32.1. The van der Waals surface area contributed by atoms with Crippen LogP contribution in [0.1, 0.15) is 66.0 Å². The lowest BCUT2D eigenvalue weighted by Crippen LogP contribution is -2.50. The van der Waals surface area contributed by atoms with Crippen LogP contribution in [0.25, 0.3) is 0 Å². The van der Waals surface area contributed by atoms with Gasteiger partial charge in [0.1, 0.15) is 0 Å². The van der Waals surface area contributed by atoms with Gasteiger partial charge in [-0.1, -0.05) is 36.7 Å². The summed E-state index contributed by atoms with van der Waals surface area (Å²) in [5.74, 6) is 0.0595. The van der Waals surface area contributed by atoms with Gasteiger partial charge in [-0.2, -0.15) is 0 Å². The number of Topliss-reactive ketones (excluding diaryl/α,β-unsaturated/α-hetero) is 1. The summed E-state index contributed by atoms with van der Waals surface area (Å²) < 4.78 is 0. The maximum Gasteiger partial charge on any atom is 0.226 e. The molecule has 0 bridgehead atoms. The number of nitrogens with one attached hydrogen (secondary N) is 1. The first-order valence-corrected chi connectivity index (χ1v) is 13.6. The normalized spacial score (nSPS) is 21.5. The highest BCUT2D eigenvalue weighted by Crippen LogP contribution is 2.34. The van der Waals surface area contributed by atoms with Crippen molar-refractivity contribution >= 4 is 34.1 Å². The second-order valence-electron chi connectivity index (χ2n) is 10.0. The van der Waals surface area contributed by atoms with Crippen LogP contribution < -0.4 is 5.32 Å². The van der Waals surface area contributed by atoms with Crippen molar-refractivity contribution in [2.45, 2.75) is 57.9 Å². The van der Waals surface area contributed by atoms with E-state index in [2.05, 4.69) is 20.2 Å². The summed E-state index contributed by atoms with van der Waals surface area (Å²) in [6.45, 7) is 3.68. The van der Waals surface area contributed by atoms with Gasteiger partial charge in [0.25, 0.3) is 0 Å². The highest BCUT2D eigenvalue weighted by molar-refractivity contribution is 7.17. The van der Waals surface area contributed by atoms with Gasteiger partial charge in [-0.3, -0.25) is 24.3 Å². The van der Waals surface area contributed by atoms with E-state index < -0.39 is 0 Å². The van der Waals surface area contributed by atoms with Crippen LogP contribution in [-0.4, -0.2) is 63.5 Å². The quantitative estimate of drug-likeness (QED) is 0.659. The lowest BCUT2D eigenvalue weighted by atomic mass is 9.87. The molecule has 2 aliphatic carbocycles. The molecular formula is C26H33N5O3S. The summed E-state index contributed by atoms with van der Waals surface area (Å²) in [7, 11) is 0. The van der Waals surface area contributed by atoms with Gasteiger partial charge in [-0.25, -0.2) is 4.98 Å². The molecule has 2 fully saturated rings. The molecule has 5 rings (SSSR count). The molecule has 35 heavy (non-hydrogen) atoms. The number of hydrogen-bond acceptors (Lipinski definition) is 7. The Morgan fingerprint density at radius 3 is 2.60 bits per heavy atom. The minimum absolute atomic E-state index is 0.0216. The van der Waals surface area contributed by atoms with Crippen molar-refractivity contribution in [1.29, 1.82) is 0 Å². The molecule has 3 heterocycles. The highest BCUT2D eigenvalue weighted by Gasteiger charge is 2.36. The van der Waals surface area contributed by atoms with Crippen molar-refractivity contribution in [3.8, 4) is 0 Å².